The van der Waals surface area contributed by atoms with E-state index in [1.54, 1.807) is 0 Å². The monoisotopic (exact) mass is 246 g/mol. The number of nitrogens with zero attached hydrogens (tertiary/aromatic N) is 1. The number of thioether (sulfide) groups is 1. The highest BCUT2D eigenvalue weighted by atomic mass is 32.2. The molecule has 0 amide bonds. The Kier molecular flexibility index (Phi) is 4.33. The van der Waals surface area contributed by atoms with Crippen molar-refractivity contribution < 1.29 is 0 Å². The molecule has 0 bridgehead atoms. The van der Waals surface area contributed by atoms with Crippen LogP contribution in [0.5, 0.6) is 0 Å². The van der Waals surface area contributed by atoms with Gasteiger partial charge in [-0.2, -0.15) is 17.0 Å². The lowest BCUT2D eigenvalue weighted by molar-refractivity contribution is 0.516. The van der Waals surface area contributed by atoms with Gasteiger partial charge in [0, 0.05) is 12.2 Å². The van der Waals surface area contributed by atoms with E-state index in [1.807, 2.05) is 19.1 Å². The standard InChI is InChI=1S/C14H18N2S/c1-11-8-14(3-2-13(11)9-15)16-10-12-4-6-17-7-5-12/h2-3,8,12,16H,4-7,10H2,1H3. The van der Waals surface area contributed by atoms with Gasteiger partial charge < -0.3 is 5.32 Å². The second kappa shape index (κ2) is 5.97. The Labute approximate surface area is 107 Å². The van der Waals surface area contributed by atoms with E-state index in [1.165, 1.54) is 24.3 Å². The number of benzene rings is 1. The SMILES string of the molecule is Cc1cc(NCC2CCSCC2)ccc1C#N. The molecule has 1 heterocycles. The molecule has 2 nitrogen and oxygen atoms in total. The molecule has 1 aromatic rings. The topological polar surface area (TPSA) is 35.8 Å². The highest BCUT2D eigenvalue weighted by molar-refractivity contribution is 7.99. The van der Waals surface area contributed by atoms with Crippen molar-refractivity contribution in [2.24, 2.45) is 5.92 Å². The summed E-state index contributed by atoms with van der Waals surface area (Å²) in [4.78, 5) is 0. The number of anilines is 1. The predicted octanol–water partition coefficient (Wildman–Crippen LogP) is 3.42. The molecule has 1 saturated heterocycles. The van der Waals surface area contributed by atoms with Crippen molar-refractivity contribution in [2.45, 2.75) is 19.8 Å². The van der Waals surface area contributed by atoms with Gasteiger partial charge in [-0.3, -0.25) is 0 Å². The van der Waals surface area contributed by atoms with Crippen LogP contribution >= 0.6 is 11.8 Å². The number of nitrogens with one attached hydrogen (secondary N) is 1. The second-order valence-electron chi connectivity index (χ2n) is 4.58. The molecule has 0 spiro atoms. The number of nitriles is 1. The van der Waals surface area contributed by atoms with Gasteiger partial charge in [0.1, 0.15) is 0 Å². The minimum Gasteiger partial charge on any atom is -0.385 e. The van der Waals surface area contributed by atoms with Crippen LogP contribution in [-0.4, -0.2) is 18.1 Å². The van der Waals surface area contributed by atoms with Gasteiger partial charge in [-0.1, -0.05) is 0 Å². The van der Waals surface area contributed by atoms with Crippen LogP contribution in [0.1, 0.15) is 24.0 Å². The van der Waals surface area contributed by atoms with Crippen LogP contribution in [0.25, 0.3) is 0 Å². The van der Waals surface area contributed by atoms with Gasteiger partial charge in [-0.05, 0) is 61.0 Å². The van der Waals surface area contributed by atoms with E-state index < -0.39 is 0 Å². The molecule has 0 radical (unpaired) electrons. The van der Waals surface area contributed by atoms with Crippen molar-refractivity contribution in [1.29, 1.82) is 5.26 Å². The average molecular weight is 246 g/mol. The highest BCUT2D eigenvalue weighted by Crippen LogP contribution is 2.23. The molecule has 0 saturated carbocycles. The highest BCUT2D eigenvalue weighted by Gasteiger charge is 2.13. The fourth-order valence-corrected chi connectivity index (χ4v) is 3.32. The smallest absolute Gasteiger partial charge is 0.0994 e. The molecule has 17 heavy (non-hydrogen) atoms. The molecule has 1 aliphatic heterocycles. The van der Waals surface area contributed by atoms with Gasteiger partial charge in [0.15, 0.2) is 0 Å². The van der Waals surface area contributed by atoms with Gasteiger partial charge in [-0.15, -0.1) is 0 Å². The Morgan fingerprint density at radius 2 is 2.18 bits per heavy atom. The molecule has 2 rings (SSSR count). The van der Waals surface area contributed by atoms with Gasteiger partial charge in [0.25, 0.3) is 0 Å². The molecule has 1 N–H and O–H groups in total. The summed E-state index contributed by atoms with van der Waals surface area (Å²) in [6.45, 7) is 3.05. The van der Waals surface area contributed by atoms with Gasteiger partial charge in [-0.25, -0.2) is 0 Å². The van der Waals surface area contributed by atoms with Gasteiger partial charge in [0.2, 0.25) is 0 Å². The second-order valence-corrected chi connectivity index (χ2v) is 5.80. The van der Waals surface area contributed by atoms with E-state index >= 15 is 0 Å². The van der Waals surface area contributed by atoms with E-state index in [0.29, 0.717) is 0 Å². The molecule has 0 unspecified atom stereocenters. The van der Waals surface area contributed by atoms with Crippen molar-refractivity contribution in [2.75, 3.05) is 23.4 Å². The molecule has 1 aliphatic rings. The van der Waals surface area contributed by atoms with Crippen LogP contribution in [0.15, 0.2) is 18.2 Å². The lowest BCUT2D eigenvalue weighted by Crippen LogP contribution is -2.19. The van der Waals surface area contributed by atoms with Crippen LogP contribution in [0.3, 0.4) is 0 Å². The van der Waals surface area contributed by atoms with Gasteiger partial charge in [0.05, 0.1) is 11.6 Å². The summed E-state index contributed by atoms with van der Waals surface area (Å²) in [6.07, 6.45) is 2.65. The zero-order valence-corrected chi connectivity index (χ0v) is 11.0. The van der Waals surface area contributed by atoms with E-state index in [4.69, 9.17) is 5.26 Å². The van der Waals surface area contributed by atoms with Crippen molar-refractivity contribution >= 4 is 17.4 Å². The van der Waals surface area contributed by atoms with Crippen molar-refractivity contribution in [3.05, 3.63) is 29.3 Å². The van der Waals surface area contributed by atoms with E-state index in [-0.39, 0.29) is 0 Å². The third-order valence-electron chi connectivity index (χ3n) is 3.28. The van der Waals surface area contributed by atoms with Crippen LogP contribution in [0, 0.1) is 24.2 Å². The number of aryl methyl sites for hydroxylation is 1. The largest absolute Gasteiger partial charge is 0.385 e. The van der Waals surface area contributed by atoms with Crippen LogP contribution in [0.4, 0.5) is 5.69 Å². The molecule has 1 fully saturated rings. The average Bonchev–Trinajstić information content (AvgIpc) is 2.38. The molecule has 1 aromatic carbocycles. The first kappa shape index (κ1) is 12.3. The lowest BCUT2D eigenvalue weighted by Gasteiger charge is -2.22. The maximum atomic E-state index is 8.87. The summed E-state index contributed by atoms with van der Waals surface area (Å²) in [5, 5.41) is 12.4. The number of hydrogen-bond donors (Lipinski definition) is 1. The summed E-state index contributed by atoms with van der Waals surface area (Å²) in [7, 11) is 0. The summed E-state index contributed by atoms with van der Waals surface area (Å²) < 4.78 is 0. The minimum absolute atomic E-state index is 0.768. The maximum Gasteiger partial charge on any atom is 0.0994 e. The molecule has 0 aromatic heterocycles. The number of hydrogen-bond acceptors (Lipinski definition) is 3. The van der Waals surface area contributed by atoms with Crippen LogP contribution in [0.2, 0.25) is 0 Å². The molecule has 0 atom stereocenters. The fraction of sp³-hybridized carbons (Fsp3) is 0.500. The maximum absolute atomic E-state index is 8.87. The quantitative estimate of drug-likeness (QED) is 0.887. The van der Waals surface area contributed by atoms with Crippen molar-refractivity contribution in [3.8, 4) is 6.07 Å². The molecular weight excluding hydrogens is 228 g/mol. The minimum atomic E-state index is 0.768. The van der Waals surface area contributed by atoms with E-state index in [2.05, 4.69) is 29.2 Å². The Bertz CT molecular complexity index is 417. The Morgan fingerprint density at radius 1 is 1.41 bits per heavy atom. The molecular formula is C14H18N2S. The Morgan fingerprint density at radius 3 is 2.82 bits per heavy atom. The van der Waals surface area contributed by atoms with Crippen LogP contribution in [-0.2, 0) is 0 Å². The summed E-state index contributed by atoms with van der Waals surface area (Å²) >= 11 is 2.06. The third kappa shape index (κ3) is 3.41. The molecule has 90 valence electrons. The lowest BCUT2D eigenvalue weighted by atomic mass is 10.0. The first-order chi connectivity index (χ1) is 8.29. The Hall–Kier alpha value is -1.14. The zero-order chi connectivity index (χ0) is 12.1. The number of rotatable bonds is 3. The van der Waals surface area contributed by atoms with Crippen molar-refractivity contribution in [1.82, 2.24) is 0 Å². The van der Waals surface area contributed by atoms with Crippen molar-refractivity contribution in [3.63, 3.8) is 0 Å². The third-order valence-corrected chi connectivity index (χ3v) is 4.33. The van der Waals surface area contributed by atoms with Crippen LogP contribution < -0.4 is 5.32 Å². The normalized spacial score (nSPS) is 16.5. The predicted molar refractivity (Wildman–Crippen MR) is 74.4 cm³/mol. The summed E-state index contributed by atoms with van der Waals surface area (Å²) in [5.41, 5.74) is 2.96. The fourth-order valence-electron chi connectivity index (χ4n) is 2.11. The van der Waals surface area contributed by atoms with E-state index in [9.17, 15) is 0 Å². The zero-order valence-electron chi connectivity index (χ0n) is 10.2. The molecule has 0 aliphatic carbocycles. The first-order valence-corrected chi connectivity index (χ1v) is 7.27. The first-order valence-electron chi connectivity index (χ1n) is 6.12. The van der Waals surface area contributed by atoms with Gasteiger partial charge >= 0.3 is 0 Å². The molecule has 3 heteroatoms. The summed E-state index contributed by atoms with van der Waals surface area (Å²) in [5.74, 6) is 3.42. The van der Waals surface area contributed by atoms with E-state index in [0.717, 1.165) is 29.3 Å². The Balaban J connectivity index is 1.90. The summed E-state index contributed by atoms with van der Waals surface area (Å²) in [6, 6.07) is 8.16.